The van der Waals surface area contributed by atoms with Gasteiger partial charge in [-0.1, -0.05) is 0 Å². The molecule has 1 heterocycles. The Bertz CT molecular complexity index is 710. The van der Waals surface area contributed by atoms with Crippen LogP contribution in [-0.2, 0) is 11.2 Å². The Balaban J connectivity index is 2.01. The Kier molecular flexibility index (Phi) is 5.11. The van der Waals surface area contributed by atoms with Gasteiger partial charge in [0.15, 0.2) is 0 Å². The fourth-order valence-electron chi connectivity index (χ4n) is 1.84. The summed E-state index contributed by atoms with van der Waals surface area (Å²) in [6, 6.07) is 4.89. The molecule has 1 aromatic heterocycles. The van der Waals surface area contributed by atoms with E-state index in [0.717, 1.165) is 10.7 Å². The first-order valence-electron chi connectivity index (χ1n) is 6.61. The number of aromatic nitrogens is 1. The topological polar surface area (TPSA) is 83.8 Å². The molecule has 2 aromatic rings. The number of carbonyl (C=O) groups excluding carboxylic acids is 1. The van der Waals surface area contributed by atoms with Crippen molar-refractivity contribution in [3.8, 4) is 11.5 Å². The van der Waals surface area contributed by atoms with Crippen LogP contribution < -0.4 is 10.2 Å². The molecular formula is C15H17N3O3S. The molecule has 6 nitrogen and oxygen atoms in total. The van der Waals surface area contributed by atoms with Crippen LogP contribution in [0.3, 0.4) is 0 Å². The molecule has 0 bridgehead atoms. The normalized spacial score (nSPS) is 11.3. The summed E-state index contributed by atoms with van der Waals surface area (Å²) in [6.07, 6.45) is 0.176. The van der Waals surface area contributed by atoms with E-state index < -0.39 is 0 Å². The predicted molar refractivity (Wildman–Crippen MR) is 85.6 cm³/mol. The Hall–Kier alpha value is -2.41. The number of nitrogens with zero attached hydrogens (tertiary/aromatic N) is 2. The van der Waals surface area contributed by atoms with Crippen molar-refractivity contribution in [3.05, 3.63) is 39.8 Å². The number of rotatable bonds is 5. The molecule has 7 heteroatoms. The van der Waals surface area contributed by atoms with Gasteiger partial charge in [0, 0.05) is 17.0 Å². The van der Waals surface area contributed by atoms with Gasteiger partial charge in [0.2, 0.25) is 5.91 Å². The van der Waals surface area contributed by atoms with Gasteiger partial charge in [0.1, 0.15) is 11.5 Å². The van der Waals surface area contributed by atoms with E-state index >= 15 is 0 Å². The van der Waals surface area contributed by atoms with Gasteiger partial charge in [0.25, 0.3) is 0 Å². The van der Waals surface area contributed by atoms with Crippen molar-refractivity contribution in [1.29, 1.82) is 0 Å². The second kappa shape index (κ2) is 7.04. The number of ether oxygens (including phenoxy) is 1. The van der Waals surface area contributed by atoms with Crippen LogP contribution >= 0.6 is 11.3 Å². The van der Waals surface area contributed by atoms with Crippen molar-refractivity contribution >= 4 is 23.0 Å². The summed E-state index contributed by atoms with van der Waals surface area (Å²) in [6.45, 7) is 3.59. The predicted octanol–water partition coefficient (Wildman–Crippen LogP) is 2.25. The number of phenolic OH excluding ortho intramolecular Hbond substituents is 1. The zero-order valence-corrected chi connectivity index (χ0v) is 13.4. The van der Waals surface area contributed by atoms with Crippen LogP contribution in [0.4, 0.5) is 0 Å². The summed E-state index contributed by atoms with van der Waals surface area (Å²) in [4.78, 5) is 16.0. The van der Waals surface area contributed by atoms with Crippen molar-refractivity contribution in [2.45, 2.75) is 20.3 Å². The van der Waals surface area contributed by atoms with E-state index in [1.807, 2.05) is 12.3 Å². The summed E-state index contributed by atoms with van der Waals surface area (Å²) >= 11 is 1.50. The minimum atomic E-state index is -0.252. The first-order valence-corrected chi connectivity index (χ1v) is 7.49. The van der Waals surface area contributed by atoms with Gasteiger partial charge in [-0.2, -0.15) is 5.10 Å². The maximum atomic E-state index is 11.8. The summed E-state index contributed by atoms with van der Waals surface area (Å²) in [5.41, 5.74) is 4.22. The maximum absolute atomic E-state index is 11.8. The molecule has 0 saturated heterocycles. The molecule has 0 fully saturated rings. The lowest BCUT2D eigenvalue weighted by molar-refractivity contribution is -0.120. The van der Waals surface area contributed by atoms with Gasteiger partial charge in [-0.3, -0.25) is 4.79 Å². The highest BCUT2D eigenvalue weighted by Crippen LogP contribution is 2.23. The lowest BCUT2D eigenvalue weighted by Gasteiger charge is -2.06. The Morgan fingerprint density at radius 1 is 1.50 bits per heavy atom. The third-order valence-corrected chi connectivity index (χ3v) is 3.77. The highest BCUT2D eigenvalue weighted by Gasteiger charge is 2.08. The van der Waals surface area contributed by atoms with Crippen molar-refractivity contribution in [3.63, 3.8) is 0 Å². The molecule has 22 heavy (non-hydrogen) atoms. The molecule has 2 rings (SSSR count). The lowest BCUT2D eigenvalue weighted by Crippen LogP contribution is -2.21. The molecule has 0 unspecified atom stereocenters. The zero-order valence-electron chi connectivity index (χ0n) is 12.6. The molecule has 116 valence electrons. The average molecular weight is 319 g/mol. The van der Waals surface area contributed by atoms with Crippen molar-refractivity contribution in [2.75, 3.05) is 7.11 Å². The standard InChI is InChI=1S/C15H17N3O3S/c1-9(13-5-4-12(21-3)7-14(13)19)17-18-15(20)6-11-8-22-10(2)16-11/h4-5,7-8,19H,6H2,1-3H3,(H,18,20). The molecular weight excluding hydrogens is 302 g/mol. The minimum absolute atomic E-state index is 0.0463. The zero-order chi connectivity index (χ0) is 16.1. The summed E-state index contributed by atoms with van der Waals surface area (Å²) in [5.74, 6) is 0.347. The van der Waals surface area contributed by atoms with Crippen molar-refractivity contribution in [2.24, 2.45) is 5.10 Å². The molecule has 0 aliphatic rings. The number of aryl methyl sites for hydroxylation is 1. The third-order valence-electron chi connectivity index (χ3n) is 2.95. The molecule has 1 aromatic carbocycles. The highest BCUT2D eigenvalue weighted by atomic mass is 32.1. The van der Waals surface area contributed by atoms with Crippen LogP contribution in [0.1, 0.15) is 23.2 Å². The van der Waals surface area contributed by atoms with E-state index in [-0.39, 0.29) is 18.1 Å². The van der Waals surface area contributed by atoms with Crippen molar-refractivity contribution < 1.29 is 14.6 Å². The Labute approximate surface area is 132 Å². The Morgan fingerprint density at radius 2 is 2.27 bits per heavy atom. The van der Waals surface area contributed by atoms with Gasteiger partial charge < -0.3 is 9.84 Å². The van der Waals surface area contributed by atoms with Crippen LogP contribution in [0.25, 0.3) is 0 Å². The summed E-state index contributed by atoms with van der Waals surface area (Å²) in [5, 5.41) is 16.7. The number of nitrogens with one attached hydrogen (secondary N) is 1. The van der Waals surface area contributed by atoms with Crippen LogP contribution in [0.15, 0.2) is 28.7 Å². The lowest BCUT2D eigenvalue weighted by atomic mass is 10.1. The largest absolute Gasteiger partial charge is 0.507 e. The molecule has 0 aliphatic carbocycles. The number of phenols is 1. The number of carbonyl (C=O) groups is 1. The molecule has 0 radical (unpaired) electrons. The summed E-state index contributed by atoms with van der Waals surface area (Å²) < 4.78 is 5.02. The number of methoxy groups -OCH3 is 1. The monoisotopic (exact) mass is 319 g/mol. The number of thiazole rings is 1. The van der Waals surface area contributed by atoms with Gasteiger partial charge in [-0.15, -0.1) is 11.3 Å². The SMILES string of the molecule is COc1ccc(C(C)=NNC(=O)Cc2csc(C)n2)c(O)c1. The van der Waals surface area contributed by atoms with E-state index in [9.17, 15) is 9.90 Å². The first-order chi connectivity index (χ1) is 10.5. The average Bonchev–Trinajstić information content (AvgIpc) is 2.89. The number of hydrogen-bond donors (Lipinski definition) is 2. The quantitative estimate of drug-likeness (QED) is 0.654. The molecule has 2 N–H and O–H groups in total. The fourth-order valence-corrected chi connectivity index (χ4v) is 2.46. The van der Waals surface area contributed by atoms with E-state index in [1.54, 1.807) is 19.1 Å². The number of aromatic hydroxyl groups is 1. The number of hydrogen-bond acceptors (Lipinski definition) is 6. The molecule has 0 atom stereocenters. The number of benzene rings is 1. The van der Waals surface area contributed by atoms with Crippen LogP contribution in [0.2, 0.25) is 0 Å². The number of amides is 1. The molecule has 1 amide bonds. The van der Waals surface area contributed by atoms with Gasteiger partial charge in [0.05, 0.1) is 29.9 Å². The van der Waals surface area contributed by atoms with Crippen LogP contribution in [0, 0.1) is 6.92 Å². The second-order valence-electron chi connectivity index (χ2n) is 4.65. The maximum Gasteiger partial charge on any atom is 0.246 e. The van der Waals surface area contributed by atoms with Gasteiger partial charge in [-0.25, -0.2) is 10.4 Å². The first kappa shape index (κ1) is 16.0. The van der Waals surface area contributed by atoms with E-state index in [0.29, 0.717) is 17.0 Å². The summed E-state index contributed by atoms with van der Waals surface area (Å²) in [7, 11) is 1.52. The number of hydrazone groups is 1. The Morgan fingerprint density at radius 3 is 2.86 bits per heavy atom. The van der Waals surface area contributed by atoms with Crippen molar-refractivity contribution in [1.82, 2.24) is 10.4 Å². The fraction of sp³-hybridized carbons (Fsp3) is 0.267. The molecule has 0 spiro atoms. The smallest absolute Gasteiger partial charge is 0.246 e. The molecule has 0 saturated carbocycles. The van der Waals surface area contributed by atoms with E-state index in [4.69, 9.17) is 4.74 Å². The van der Waals surface area contributed by atoms with E-state index in [2.05, 4.69) is 15.5 Å². The third kappa shape index (κ3) is 4.05. The van der Waals surface area contributed by atoms with Crippen LogP contribution in [-0.4, -0.2) is 28.8 Å². The van der Waals surface area contributed by atoms with Crippen LogP contribution in [0.5, 0.6) is 11.5 Å². The second-order valence-corrected chi connectivity index (χ2v) is 5.71. The molecule has 0 aliphatic heterocycles. The van der Waals surface area contributed by atoms with Gasteiger partial charge >= 0.3 is 0 Å². The minimum Gasteiger partial charge on any atom is -0.507 e. The van der Waals surface area contributed by atoms with Gasteiger partial charge in [-0.05, 0) is 26.0 Å². The highest BCUT2D eigenvalue weighted by molar-refractivity contribution is 7.09. The van der Waals surface area contributed by atoms with E-state index in [1.165, 1.54) is 24.5 Å².